The molecule has 154 valence electrons. The number of carbonyl (C=O) groups is 2. The van der Waals surface area contributed by atoms with Crippen LogP contribution in [0.15, 0.2) is 65.2 Å². The number of carbonyl (C=O) groups excluding carboxylic acids is 2. The summed E-state index contributed by atoms with van der Waals surface area (Å²) >= 11 is 5.94. The van der Waals surface area contributed by atoms with Crippen molar-refractivity contribution < 1.29 is 14.1 Å². The number of hydrogen-bond acceptors (Lipinski definition) is 5. The second kappa shape index (κ2) is 9.00. The molecule has 0 unspecified atom stereocenters. The fourth-order valence-corrected chi connectivity index (χ4v) is 3.47. The molecule has 2 aromatic carbocycles. The fraction of sp³-hybridized carbons (Fsp3) is 0.227. The van der Waals surface area contributed by atoms with Crippen LogP contribution in [0.4, 0.5) is 5.69 Å². The number of nitrogens with zero attached hydrogens (tertiary/aromatic N) is 3. The highest BCUT2D eigenvalue weighted by Crippen LogP contribution is 2.20. The zero-order chi connectivity index (χ0) is 20.9. The van der Waals surface area contributed by atoms with Crippen LogP contribution in [0.1, 0.15) is 10.6 Å². The number of rotatable bonds is 5. The van der Waals surface area contributed by atoms with Gasteiger partial charge in [0.05, 0.1) is 6.54 Å². The maximum atomic E-state index is 12.5. The lowest BCUT2D eigenvalue weighted by molar-refractivity contribution is -0.130. The number of amides is 2. The molecule has 1 fully saturated rings. The van der Waals surface area contributed by atoms with Crippen LogP contribution in [0, 0.1) is 0 Å². The quantitative estimate of drug-likeness (QED) is 0.681. The highest BCUT2D eigenvalue weighted by atomic mass is 35.5. The van der Waals surface area contributed by atoms with Crippen molar-refractivity contribution in [1.29, 1.82) is 0 Å². The topological polar surface area (TPSA) is 78.7 Å². The summed E-state index contributed by atoms with van der Waals surface area (Å²) in [6.07, 6.45) is 0. The first-order chi connectivity index (χ1) is 14.6. The van der Waals surface area contributed by atoms with Gasteiger partial charge in [-0.2, -0.15) is 0 Å². The van der Waals surface area contributed by atoms with Crippen LogP contribution in [0.25, 0.3) is 11.3 Å². The molecule has 30 heavy (non-hydrogen) atoms. The lowest BCUT2D eigenvalue weighted by Gasteiger charge is -2.36. The van der Waals surface area contributed by atoms with E-state index < -0.39 is 5.91 Å². The molecule has 1 N–H and O–H groups in total. The minimum Gasteiger partial charge on any atom is -0.368 e. The number of halogens is 1. The molecular formula is C22H21ClN4O3. The van der Waals surface area contributed by atoms with Gasteiger partial charge in [0.2, 0.25) is 11.7 Å². The Kier molecular flexibility index (Phi) is 5.99. The van der Waals surface area contributed by atoms with E-state index in [0.717, 1.165) is 24.3 Å². The highest BCUT2D eigenvalue weighted by Gasteiger charge is 2.22. The summed E-state index contributed by atoms with van der Waals surface area (Å²) in [7, 11) is 0. The molecule has 2 heterocycles. The third-order valence-corrected chi connectivity index (χ3v) is 5.28. The molecule has 0 atom stereocenters. The fourth-order valence-electron chi connectivity index (χ4n) is 3.35. The molecule has 0 spiro atoms. The molecule has 7 nitrogen and oxygen atoms in total. The van der Waals surface area contributed by atoms with Gasteiger partial charge in [-0.3, -0.25) is 9.59 Å². The Hall–Kier alpha value is -3.32. The van der Waals surface area contributed by atoms with Crippen LogP contribution in [-0.4, -0.2) is 54.6 Å². The van der Waals surface area contributed by atoms with Crippen LogP contribution in [0.2, 0.25) is 5.02 Å². The molecule has 1 aliphatic heterocycles. The monoisotopic (exact) mass is 424 g/mol. The number of hydrogen-bond donors (Lipinski definition) is 1. The first kappa shape index (κ1) is 20.0. The zero-order valence-electron chi connectivity index (χ0n) is 16.3. The SMILES string of the molecule is O=C(NCC(=O)N1CCN(c2ccc(Cl)cc2)CC1)c1cc(-c2ccccc2)no1. The molecule has 0 aliphatic carbocycles. The van der Waals surface area contributed by atoms with Gasteiger partial charge in [0.15, 0.2) is 0 Å². The van der Waals surface area contributed by atoms with E-state index in [1.54, 1.807) is 11.0 Å². The van der Waals surface area contributed by atoms with Crippen molar-refractivity contribution in [2.75, 3.05) is 37.6 Å². The van der Waals surface area contributed by atoms with E-state index in [4.69, 9.17) is 16.1 Å². The number of aromatic nitrogens is 1. The van der Waals surface area contributed by atoms with Crippen molar-refractivity contribution in [1.82, 2.24) is 15.4 Å². The lowest BCUT2D eigenvalue weighted by Crippen LogP contribution is -2.51. The molecule has 0 bridgehead atoms. The van der Waals surface area contributed by atoms with Gasteiger partial charge < -0.3 is 19.6 Å². The van der Waals surface area contributed by atoms with E-state index in [1.165, 1.54) is 0 Å². The van der Waals surface area contributed by atoms with E-state index in [0.29, 0.717) is 23.8 Å². The van der Waals surface area contributed by atoms with Crippen molar-refractivity contribution in [2.24, 2.45) is 0 Å². The summed E-state index contributed by atoms with van der Waals surface area (Å²) in [6.45, 7) is 2.56. The Morgan fingerprint density at radius 3 is 2.40 bits per heavy atom. The predicted octanol–water partition coefficient (Wildman–Crippen LogP) is 3.07. The number of benzene rings is 2. The van der Waals surface area contributed by atoms with E-state index >= 15 is 0 Å². The molecule has 0 radical (unpaired) electrons. The van der Waals surface area contributed by atoms with Gasteiger partial charge in [0.1, 0.15) is 5.69 Å². The van der Waals surface area contributed by atoms with E-state index in [2.05, 4.69) is 15.4 Å². The number of piperazine rings is 1. The van der Waals surface area contributed by atoms with Crippen molar-refractivity contribution in [3.63, 3.8) is 0 Å². The Bertz CT molecular complexity index is 1010. The highest BCUT2D eigenvalue weighted by molar-refractivity contribution is 6.30. The van der Waals surface area contributed by atoms with Gasteiger partial charge in [-0.1, -0.05) is 47.1 Å². The second-order valence-electron chi connectivity index (χ2n) is 6.97. The van der Waals surface area contributed by atoms with Crippen molar-refractivity contribution in [3.8, 4) is 11.3 Å². The normalized spacial score (nSPS) is 13.9. The largest absolute Gasteiger partial charge is 0.368 e. The van der Waals surface area contributed by atoms with E-state index in [9.17, 15) is 9.59 Å². The number of nitrogens with one attached hydrogen (secondary N) is 1. The summed E-state index contributed by atoms with van der Waals surface area (Å²) in [5.74, 6) is -0.506. The van der Waals surface area contributed by atoms with Crippen LogP contribution in [0.5, 0.6) is 0 Å². The standard InChI is InChI=1S/C22H21ClN4O3/c23-17-6-8-18(9-7-17)26-10-12-27(13-11-26)21(28)15-24-22(29)20-14-19(25-30-20)16-4-2-1-3-5-16/h1-9,14H,10-13,15H2,(H,24,29). The van der Waals surface area contributed by atoms with Gasteiger partial charge in [0.25, 0.3) is 5.91 Å². The average molecular weight is 425 g/mol. The molecular weight excluding hydrogens is 404 g/mol. The molecule has 0 saturated carbocycles. The van der Waals surface area contributed by atoms with Gasteiger partial charge >= 0.3 is 0 Å². The lowest BCUT2D eigenvalue weighted by atomic mass is 10.1. The Labute approximate surface area is 179 Å². The van der Waals surface area contributed by atoms with Gasteiger partial charge in [-0.05, 0) is 24.3 Å². The molecule has 1 aromatic heterocycles. The minimum absolute atomic E-state index is 0.0780. The predicted molar refractivity (Wildman–Crippen MR) is 115 cm³/mol. The zero-order valence-corrected chi connectivity index (χ0v) is 17.0. The third kappa shape index (κ3) is 4.63. The van der Waals surface area contributed by atoms with Gasteiger partial charge in [0, 0.05) is 48.5 Å². The van der Waals surface area contributed by atoms with Crippen LogP contribution < -0.4 is 10.2 Å². The Morgan fingerprint density at radius 1 is 1.00 bits per heavy atom. The van der Waals surface area contributed by atoms with Crippen LogP contribution in [-0.2, 0) is 4.79 Å². The maximum absolute atomic E-state index is 12.5. The molecule has 8 heteroatoms. The van der Waals surface area contributed by atoms with Crippen molar-refractivity contribution in [2.45, 2.75) is 0 Å². The van der Waals surface area contributed by atoms with Gasteiger partial charge in [-0.25, -0.2) is 0 Å². The van der Waals surface area contributed by atoms with Crippen molar-refractivity contribution >= 4 is 29.1 Å². The van der Waals surface area contributed by atoms with Crippen molar-refractivity contribution in [3.05, 3.63) is 71.4 Å². The first-order valence-corrected chi connectivity index (χ1v) is 10.1. The summed E-state index contributed by atoms with van der Waals surface area (Å²) in [4.78, 5) is 28.7. The third-order valence-electron chi connectivity index (χ3n) is 5.03. The molecule has 3 aromatic rings. The van der Waals surface area contributed by atoms with E-state index in [-0.39, 0.29) is 18.2 Å². The van der Waals surface area contributed by atoms with Crippen LogP contribution >= 0.6 is 11.6 Å². The maximum Gasteiger partial charge on any atom is 0.290 e. The second-order valence-corrected chi connectivity index (χ2v) is 7.41. The van der Waals surface area contributed by atoms with E-state index in [1.807, 2.05) is 54.6 Å². The Morgan fingerprint density at radius 2 is 1.70 bits per heavy atom. The molecule has 1 saturated heterocycles. The Balaban J connectivity index is 1.26. The summed E-state index contributed by atoms with van der Waals surface area (Å²) < 4.78 is 5.13. The smallest absolute Gasteiger partial charge is 0.290 e. The average Bonchev–Trinajstić information content (AvgIpc) is 3.29. The minimum atomic E-state index is -0.460. The summed E-state index contributed by atoms with van der Waals surface area (Å²) in [6, 6.07) is 18.7. The summed E-state index contributed by atoms with van der Waals surface area (Å²) in [5, 5.41) is 7.24. The molecule has 2 amide bonds. The number of anilines is 1. The van der Waals surface area contributed by atoms with Gasteiger partial charge in [-0.15, -0.1) is 0 Å². The first-order valence-electron chi connectivity index (χ1n) is 9.69. The summed E-state index contributed by atoms with van der Waals surface area (Å²) in [5.41, 5.74) is 2.51. The van der Waals surface area contributed by atoms with Crippen LogP contribution in [0.3, 0.4) is 0 Å². The molecule has 1 aliphatic rings. The molecule has 4 rings (SSSR count).